The molecular weight excluding hydrogens is 278 g/mol. The lowest BCUT2D eigenvalue weighted by Crippen LogP contribution is -1.86. The third-order valence-corrected chi connectivity index (χ3v) is 3.59. The Morgan fingerprint density at radius 2 is 2.09 bits per heavy atom. The third kappa shape index (κ3) is 2.16. The average molecular weight is 291 g/mol. The summed E-state index contributed by atoms with van der Waals surface area (Å²) in [5.74, 6) is 1.36. The number of nitrogens with zero attached hydrogens (tertiary/aromatic N) is 3. The zero-order valence-corrected chi connectivity index (χ0v) is 12.0. The predicted octanol–water partition coefficient (Wildman–Crippen LogP) is 3.71. The average Bonchev–Trinajstić information content (AvgIpc) is 3.23. The predicted molar refractivity (Wildman–Crippen MR) is 84.9 cm³/mol. The Balaban J connectivity index is 1.76. The van der Waals surface area contributed by atoms with Gasteiger partial charge >= 0.3 is 0 Å². The first kappa shape index (κ1) is 12.8. The van der Waals surface area contributed by atoms with Crippen LogP contribution in [-0.4, -0.2) is 23.3 Å². The fourth-order valence-corrected chi connectivity index (χ4v) is 2.42. The molecule has 0 saturated heterocycles. The second-order valence-corrected chi connectivity index (χ2v) is 5.01. The lowest BCUT2D eigenvalue weighted by molar-refractivity contribution is 0.413. The lowest BCUT2D eigenvalue weighted by Gasteiger charge is -2.03. The molecule has 4 rings (SSSR count). The van der Waals surface area contributed by atoms with Crippen molar-refractivity contribution in [3.8, 4) is 16.9 Å². The van der Waals surface area contributed by atoms with Gasteiger partial charge in [0.1, 0.15) is 11.3 Å². The zero-order chi connectivity index (χ0) is 14.9. The molecule has 3 heterocycles. The normalized spacial score (nSPS) is 13.6. The first-order valence-corrected chi connectivity index (χ1v) is 6.94. The van der Waals surface area contributed by atoms with Crippen molar-refractivity contribution in [1.29, 1.82) is 0 Å². The third-order valence-electron chi connectivity index (χ3n) is 3.59. The van der Waals surface area contributed by atoms with Gasteiger partial charge in [-0.1, -0.05) is 6.07 Å². The second kappa shape index (κ2) is 5.11. The van der Waals surface area contributed by atoms with Gasteiger partial charge in [0.15, 0.2) is 5.58 Å². The van der Waals surface area contributed by atoms with Crippen LogP contribution in [0.2, 0.25) is 0 Å². The van der Waals surface area contributed by atoms with Gasteiger partial charge < -0.3 is 9.15 Å². The number of ether oxygens (including phenoxy) is 1. The molecule has 0 radical (unpaired) electrons. The van der Waals surface area contributed by atoms with E-state index in [-0.39, 0.29) is 0 Å². The van der Waals surface area contributed by atoms with Crippen molar-refractivity contribution < 1.29 is 9.15 Å². The largest absolute Gasteiger partial charge is 0.495 e. The molecule has 0 bridgehead atoms. The van der Waals surface area contributed by atoms with Gasteiger partial charge in [-0.2, -0.15) is 0 Å². The highest BCUT2D eigenvalue weighted by Gasteiger charge is 2.13. The molecule has 0 amide bonds. The molecule has 0 aliphatic carbocycles. The van der Waals surface area contributed by atoms with Crippen LogP contribution in [0.1, 0.15) is 12.3 Å². The lowest BCUT2D eigenvalue weighted by atomic mass is 10.1. The molecule has 0 atom stereocenters. The van der Waals surface area contributed by atoms with E-state index in [4.69, 9.17) is 9.15 Å². The molecule has 108 valence electrons. The van der Waals surface area contributed by atoms with Crippen LogP contribution in [0.25, 0.3) is 27.8 Å². The van der Waals surface area contributed by atoms with E-state index < -0.39 is 0 Å². The van der Waals surface area contributed by atoms with Crippen molar-refractivity contribution in [2.75, 3.05) is 7.11 Å². The maximum absolute atomic E-state index is 5.86. The minimum atomic E-state index is 0.633. The van der Waals surface area contributed by atoms with Crippen LogP contribution in [0, 0.1) is 0 Å². The number of fused-ring (bicyclic) bond motifs is 1. The number of benzene rings is 1. The van der Waals surface area contributed by atoms with Gasteiger partial charge in [0.25, 0.3) is 0 Å². The quantitative estimate of drug-likeness (QED) is 0.738. The molecular formula is C17H13N3O2. The van der Waals surface area contributed by atoms with Gasteiger partial charge in [-0.25, -0.2) is 4.98 Å². The van der Waals surface area contributed by atoms with Crippen LogP contribution < -0.4 is 4.74 Å². The molecule has 1 aliphatic rings. The van der Waals surface area contributed by atoms with Gasteiger partial charge in [-0.3, -0.25) is 9.98 Å². The standard InChI is InChI=1S/C17H13N3O2/c1-21-14-6-13(9-19-10-14)11-2-3-15-16(7-11)22-17(20-15)12-4-5-18-8-12/h2-3,5-10H,4H2,1H3. The molecule has 0 unspecified atom stereocenters. The summed E-state index contributed by atoms with van der Waals surface area (Å²) in [6.45, 7) is 0. The molecule has 3 aromatic rings. The van der Waals surface area contributed by atoms with Gasteiger partial charge in [0, 0.05) is 36.2 Å². The summed E-state index contributed by atoms with van der Waals surface area (Å²) in [4.78, 5) is 12.8. The van der Waals surface area contributed by atoms with Crippen molar-refractivity contribution >= 4 is 22.9 Å². The molecule has 0 fully saturated rings. The summed E-state index contributed by atoms with van der Waals surface area (Å²) in [5, 5.41) is 0. The summed E-state index contributed by atoms with van der Waals surface area (Å²) in [7, 11) is 1.63. The van der Waals surface area contributed by atoms with Crippen LogP contribution in [0.4, 0.5) is 0 Å². The number of allylic oxidation sites excluding steroid dienone is 1. The van der Waals surface area contributed by atoms with E-state index >= 15 is 0 Å². The number of aromatic nitrogens is 2. The Hall–Kier alpha value is -2.95. The van der Waals surface area contributed by atoms with E-state index in [2.05, 4.69) is 15.0 Å². The van der Waals surface area contributed by atoms with Gasteiger partial charge in [-0.15, -0.1) is 0 Å². The summed E-state index contributed by atoms with van der Waals surface area (Å²) in [6.07, 6.45) is 7.88. The number of hydrogen-bond acceptors (Lipinski definition) is 5. The SMILES string of the molecule is COc1cncc(-c2ccc3nc(C4=CN=CC4)oc3c2)c1. The molecule has 5 heteroatoms. The smallest absolute Gasteiger partial charge is 0.225 e. The van der Waals surface area contributed by atoms with Crippen molar-refractivity contribution in [2.45, 2.75) is 6.42 Å². The van der Waals surface area contributed by atoms with Gasteiger partial charge in [-0.05, 0) is 23.8 Å². The molecule has 0 N–H and O–H groups in total. The fourth-order valence-electron chi connectivity index (χ4n) is 2.42. The minimum absolute atomic E-state index is 0.633. The summed E-state index contributed by atoms with van der Waals surface area (Å²) >= 11 is 0. The Morgan fingerprint density at radius 1 is 1.14 bits per heavy atom. The van der Waals surface area contributed by atoms with E-state index in [1.54, 1.807) is 25.7 Å². The molecule has 5 nitrogen and oxygen atoms in total. The van der Waals surface area contributed by atoms with Crippen LogP contribution in [0.5, 0.6) is 5.75 Å². The second-order valence-electron chi connectivity index (χ2n) is 5.01. The van der Waals surface area contributed by atoms with Crippen LogP contribution in [-0.2, 0) is 0 Å². The zero-order valence-electron chi connectivity index (χ0n) is 12.0. The highest BCUT2D eigenvalue weighted by molar-refractivity contribution is 5.86. The van der Waals surface area contributed by atoms with E-state index in [1.165, 1.54) is 0 Å². The number of rotatable bonds is 3. The Kier molecular flexibility index (Phi) is 2.96. The molecule has 0 saturated carbocycles. The Labute approximate surface area is 127 Å². The van der Waals surface area contributed by atoms with Crippen molar-refractivity contribution in [1.82, 2.24) is 9.97 Å². The van der Waals surface area contributed by atoms with E-state index in [0.717, 1.165) is 40.0 Å². The molecule has 0 spiro atoms. The number of pyridine rings is 1. The Bertz CT molecular complexity index is 909. The van der Waals surface area contributed by atoms with E-state index in [9.17, 15) is 0 Å². The van der Waals surface area contributed by atoms with Crippen LogP contribution in [0.3, 0.4) is 0 Å². The first-order valence-electron chi connectivity index (χ1n) is 6.94. The van der Waals surface area contributed by atoms with E-state index in [1.807, 2.05) is 30.5 Å². The van der Waals surface area contributed by atoms with Crippen molar-refractivity contribution in [3.63, 3.8) is 0 Å². The highest BCUT2D eigenvalue weighted by atomic mass is 16.5. The topological polar surface area (TPSA) is 60.5 Å². The monoisotopic (exact) mass is 291 g/mol. The first-order chi connectivity index (χ1) is 10.8. The van der Waals surface area contributed by atoms with Gasteiger partial charge in [0.2, 0.25) is 5.89 Å². The minimum Gasteiger partial charge on any atom is -0.495 e. The summed E-state index contributed by atoms with van der Waals surface area (Å²) in [5.41, 5.74) is 4.58. The van der Waals surface area contributed by atoms with Gasteiger partial charge in [0.05, 0.1) is 13.3 Å². The maximum Gasteiger partial charge on any atom is 0.225 e. The number of oxazole rings is 1. The molecule has 22 heavy (non-hydrogen) atoms. The van der Waals surface area contributed by atoms with Crippen LogP contribution in [0.15, 0.2) is 52.3 Å². The molecule has 2 aromatic heterocycles. The van der Waals surface area contributed by atoms with E-state index in [0.29, 0.717) is 5.89 Å². The number of methoxy groups -OCH3 is 1. The summed E-state index contributed by atoms with van der Waals surface area (Å²) < 4.78 is 11.1. The Morgan fingerprint density at radius 3 is 2.91 bits per heavy atom. The highest BCUT2D eigenvalue weighted by Crippen LogP contribution is 2.29. The van der Waals surface area contributed by atoms with Crippen molar-refractivity contribution in [2.24, 2.45) is 4.99 Å². The maximum atomic E-state index is 5.86. The number of hydrogen-bond donors (Lipinski definition) is 0. The summed E-state index contributed by atoms with van der Waals surface area (Å²) in [6, 6.07) is 7.87. The van der Waals surface area contributed by atoms with Crippen molar-refractivity contribution in [3.05, 3.63) is 48.7 Å². The fraction of sp³-hybridized carbons (Fsp3) is 0.118. The molecule has 1 aromatic carbocycles. The molecule has 1 aliphatic heterocycles. The number of aliphatic imine (C=N–C) groups is 1. The van der Waals surface area contributed by atoms with Crippen LogP contribution >= 0.6 is 0 Å².